The normalized spacial score (nSPS) is 10.9. The van der Waals surface area contributed by atoms with E-state index in [0.717, 1.165) is 18.7 Å². The first kappa shape index (κ1) is 11.2. The van der Waals surface area contributed by atoms with E-state index in [9.17, 15) is 0 Å². The maximum absolute atomic E-state index is 4.27. The van der Waals surface area contributed by atoms with Crippen molar-refractivity contribution in [1.82, 2.24) is 10.3 Å². The molecule has 0 amide bonds. The van der Waals surface area contributed by atoms with Gasteiger partial charge in [-0.3, -0.25) is 4.98 Å². The van der Waals surface area contributed by atoms with E-state index in [1.54, 1.807) is 0 Å². The van der Waals surface area contributed by atoms with Crippen LogP contribution in [0, 0.1) is 6.92 Å². The van der Waals surface area contributed by atoms with Gasteiger partial charge in [-0.15, -0.1) is 0 Å². The van der Waals surface area contributed by atoms with Gasteiger partial charge in [-0.05, 0) is 37.9 Å². The Bertz CT molecular complexity index is 252. The molecule has 2 heteroatoms. The Balaban J connectivity index is 2.21. The molecule has 0 aliphatic heterocycles. The second-order valence-electron chi connectivity index (χ2n) is 4.02. The van der Waals surface area contributed by atoms with Gasteiger partial charge in [-0.2, -0.15) is 0 Å². The van der Waals surface area contributed by atoms with Gasteiger partial charge in [0.05, 0.1) is 0 Å². The van der Waals surface area contributed by atoms with Crippen LogP contribution in [-0.4, -0.2) is 17.6 Å². The van der Waals surface area contributed by atoms with Crippen LogP contribution in [0.15, 0.2) is 18.3 Å². The molecule has 0 spiro atoms. The molecule has 1 aromatic rings. The Morgan fingerprint density at radius 1 is 1.36 bits per heavy atom. The fourth-order valence-corrected chi connectivity index (χ4v) is 1.33. The summed E-state index contributed by atoms with van der Waals surface area (Å²) in [5, 5.41) is 3.41. The zero-order chi connectivity index (χ0) is 10.4. The van der Waals surface area contributed by atoms with Gasteiger partial charge in [-0.1, -0.05) is 19.9 Å². The summed E-state index contributed by atoms with van der Waals surface area (Å²) in [7, 11) is 0. The molecule has 14 heavy (non-hydrogen) atoms. The molecule has 1 heterocycles. The molecule has 2 nitrogen and oxygen atoms in total. The molecular formula is C12H20N2. The molecule has 78 valence electrons. The zero-order valence-electron chi connectivity index (χ0n) is 9.38. The van der Waals surface area contributed by atoms with Gasteiger partial charge in [0.2, 0.25) is 0 Å². The number of hydrogen-bond acceptors (Lipinski definition) is 2. The lowest BCUT2D eigenvalue weighted by Crippen LogP contribution is -2.23. The van der Waals surface area contributed by atoms with Crippen molar-refractivity contribution in [2.75, 3.05) is 6.54 Å². The summed E-state index contributed by atoms with van der Waals surface area (Å²) in [6.45, 7) is 7.45. The third kappa shape index (κ3) is 4.38. The molecule has 0 bridgehead atoms. The third-order valence-corrected chi connectivity index (χ3v) is 2.17. The zero-order valence-corrected chi connectivity index (χ0v) is 9.38. The minimum absolute atomic E-state index is 0.589. The van der Waals surface area contributed by atoms with Crippen molar-refractivity contribution in [1.29, 1.82) is 0 Å². The summed E-state index contributed by atoms with van der Waals surface area (Å²) in [5.41, 5.74) is 2.43. The van der Waals surface area contributed by atoms with Crippen molar-refractivity contribution in [2.24, 2.45) is 0 Å². The highest BCUT2D eigenvalue weighted by Crippen LogP contribution is 2.02. The van der Waals surface area contributed by atoms with E-state index in [-0.39, 0.29) is 0 Å². The van der Waals surface area contributed by atoms with Crippen LogP contribution in [0.2, 0.25) is 0 Å². The van der Waals surface area contributed by atoms with Crippen LogP contribution >= 0.6 is 0 Å². The Hall–Kier alpha value is -0.890. The van der Waals surface area contributed by atoms with Crippen LogP contribution in [0.4, 0.5) is 0 Å². The predicted octanol–water partition coefficient (Wildman–Crippen LogP) is 2.32. The lowest BCUT2D eigenvalue weighted by Gasteiger charge is -2.07. The van der Waals surface area contributed by atoms with Gasteiger partial charge >= 0.3 is 0 Å². The number of aryl methyl sites for hydroxylation is 2. The topological polar surface area (TPSA) is 24.9 Å². The summed E-state index contributed by atoms with van der Waals surface area (Å²) in [6, 6.07) is 4.83. The molecule has 1 aromatic heterocycles. The molecule has 0 fully saturated rings. The molecule has 0 unspecified atom stereocenters. The first-order valence-corrected chi connectivity index (χ1v) is 5.33. The molecule has 0 radical (unpaired) electrons. The summed E-state index contributed by atoms with van der Waals surface area (Å²) < 4.78 is 0. The molecule has 0 atom stereocenters. The molecule has 0 aliphatic rings. The minimum Gasteiger partial charge on any atom is -0.315 e. The number of nitrogens with one attached hydrogen (secondary N) is 1. The van der Waals surface area contributed by atoms with Gasteiger partial charge in [0.1, 0.15) is 0 Å². The van der Waals surface area contributed by atoms with Crippen LogP contribution in [0.1, 0.15) is 31.5 Å². The highest BCUT2D eigenvalue weighted by atomic mass is 14.9. The van der Waals surface area contributed by atoms with Gasteiger partial charge in [0.25, 0.3) is 0 Å². The summed E-state index contributed by atoms with van der Waals surface area (Å²) >= 11 is 0. The van der Waals surface area contributed by atoms with Crippen LogP contribution in [0.3, 0.4) is 0 Å². The van der Waals surface area contributed by atoms with Crippen molar-refractivity contribution < 1.29 is 0 Å². The van der Waals surface area contributed by atoms with E-state index >= 15 is 0 Å². The third-order valence-electron chi connectivity index (χ3n) is 2.17. The summed E-state index contributed by atoms with van der Waals surface area (Å²) in [5.74, 6) is 0. The SMILES string of the molecule is Cc1ccc(CCCNC(C)C)cn1. The Kier molecular flexibility index (Phi) is 4.60. The van der Waals surface area contributed by atoms with Gasteiger partial charge < -0.3 is 5.32 Å². The van der Waals surface area contributed by atoms with Gasteiger partial charge in [-0.25, -0.2) is 0 Å². The number of pyridine rings is 1. The summed E-state index contributed by atoms with van der Waals surface area (Å²) in [4.78, 5) is 4.27. The lowest BCUT2D eigenvalue weighted by atomic mass is 10.1. The highest BCUT2D eigenvalue weighted by Gasteiger charge is 1.95. The lowest BCUT2D eigenvalue weighted by molar-refractivity contribution is 0.570. The van der Waals surface area contributed by atoms with E-state index < -0.39 is 0 Å². The van der Waals surface area contributed by atoms with Crippen molar-refractivity contribution in [2.45, 2.75) is 39.7 Å². The molecular weight excluding hydrogens is 172 g/mol. The largest absolute Gasteiger partial charge is 0.315 e. The molecule has 0 saturated carbocycles. The quantitative estimate of drug-likeness (QED) is 0.724. The van der Waals surface area contributed by atoms with Crippen molar-refractivity contribution in [3.8, 4) is 0 Å². The van der Waals surface area contributed by atoms with E-state index in [2.05, 4.69) is 36.3 Å². The van der Waals surface area contributed by atoms with E-state index in [4.69, 9.17) is 0 Å². The Labute approximate surface area is 86.8 Å². The molecule has 1 rings (SSSR count). The fourth-order valence-electron chi connectivity index (χ4n) is 1.33. The second-order valence-corrected chi connectivity index (χ2v) is 4.02. The Morgan fingerprint density at radius 2 is 2.14 bits per heavy atom. The number of hydrogen-bond donors (Lipinski definition) is 1. The van der Waals surface area contributed by atoms with Crippen LogP contribution < -0.4 is 5.32 Å². The average Bonchev–Trinajstić information content (AvgIpc) is 2.15. The van der Waals surface area contributed by atoms with Crippen LogP contribution in [-0.2, 0) is 6.42 Å². The fraction of sp³-hybridized carbons (Fsp3) is 0.583. The van der Waals surface area contributed by atoms with Gasteiger partial charge in [0.15, 0.2) is 0 Å². The van der Waals surface area contributed by atoms with Crippen molar-refractivity contribution in [3.63, 3.8) is 0 Å². The Morgan fingerprint density at radius 3 is 2.71 bits per heavy atom. The molecule has 0 aliphatic carbocycles. The predicted molar refractivity (Wildman–Crippen MR) is 60.4 cm³/mol. The average molecular weight is 192 g/mol. The van der Waals surface area contributed by atoms with E-state index in [1.165, 1.54) is 12.0 Å². The standard InChI is InChI=1S/C12H20N2/c1-10(2)13-8-4-5-12-7-6-11(3)14-9-12/h6-7,9-10,13H,4-5,8H2,1-3H3. The monoisotopic (exact) mass is 192 g/mol. The summed E-state index contributed by atoms with van der Waals surface area (Å²) in [6.07, 6.45) is 4.28. The first-order chi connectivity index (χ1) is 6.68. The maximum Gasteiger partial charge on any atom is 0.0372 e. The smallest absolute Gasteiger partial charge is 0.0372 e. The molecule has 1 N–H and O–H groups in total. The van der Waals surface area contributed by atoms with E-state index in [1.807, 2.05) is 13.1 Å². The number of aromatic nitrogens is 1. The van der Waals surface area contributed by atoms with Crippen molar-refractivity contribution >= 4 is 0 Å². The van der Waals surface area contributed by atoms with Crippen molar-refractivity contribution in [3.05, 3.63) is 29.6 Å². The first-order valence-electron chi connectivity index (χ1n) is 5.33. The minimum atomic E-state index is 0.589. The number of nitrogens with zero attached hydrogens (tertiary/aromatic N) is 1. The maximum atomic E-state index is 4.27. The molecule has 0 saturated heterocycles. The second kappa shape index (κ2) is 5.76. The highest BCUT2D eigenvalue weighted by molar-refractivity contribution is 5.13. The van der Waals surface area contributed by atoms with Gasteiger partial charge in [0, 0.05) is 17.9 Å². The van der Waals surface area contributed by atoms with Crippen LogP contribution in [0.25, 0.3) is 0 Å². The van der Waals surface area contributed by atoms with Crippen LogP contribution in [0.5, 0.6) is 0 Å². The van der Waals surface area contributed by atoms with E-state index in [0.29, 0.717) is 6.04 Å². The number of rotatable bonds is 5. The molecule has 0 aromatic carbocycles.